The highest BCUT2D eigenvalue weighted by atomic mass is 79.9. The monoisotopic (exact) mass is 444 g/mol. The van der Waals surface area contributed by atoms with Crippen molar-refractivity contribution >= 4 is 45.5 Å². The van der Waals surface area contributed by atoms with Crippen LogP contribution in [-0.2, 0) is 19.1 Å². The third kappa shape index (κ3) is 4.40. The Morgan fingerprint density at radius 1 is 1.14 bits per heavy atom. The third-order valence-corrected chi connectivity index (χ3v) is 4.37. The number of carbonyl (C=O) groups is 3. The van der Waals surface area contributed by atoms with Crippen molar-refractivity contribution in [3.63, 3.8) is 0 Å². The van der Waals surface area contributed by atoms with Gasteiger partial charge in [0.05, 0.1) is 12.3 Å². The van der Waals surface area contributed by atoms with Crippen molar-refractivity contribution in [3.05, 3.63) is 64.1 Å². The topological polar surface area (TPSA) is 84.9 Å². The maximum absolute atomic E-state index is 12.7. The molecule has 0 aliphatic carbocycles. The maximum Gasteiger partial charge on any atom is 0.344 e. The van der Waals surface area contributed by atoms with Crippen LogP contribution in [0.15, 0.2) is 58.6 Å². The summed E-state index contributed by atoms with van der Waals surface area (Å²) in [7, 11) is 0. The van der Waals surface area contributed by atoms with Gasteiger partial charge < -0.3 is 9.47 Å². The van der Waals surface area contributed by atoms with Crippen LogP contribution in [-0.4, -0.2) is 31.0 Å². The lowest BCUT2D eigenvalue weighted by Gasteiger charge is -2.14. The van der Waals surface area contributed by atoms with Crippen LogP contribution in [0.4, 0.5) is 5.69 Å². The zero-order chi connectivity index (χ0) is 20.1. The van der Waals surface area contributed by atoms with Crippen molar-refractivity contribution in [2.75, 3.05) is 18.2 Å². The molecule has 0 spiro atoms. The normalized spacial score (nSPS) is 14.9. The van der Waals surface area contributed by atoms with E-state index in [2.05, 4.69) is 21.4 Å². The molecule has 1 fully saturated rings. The molecule has 0 radical (unpaired) electrons. The van der Waals surface area contributed by atoms with E-state index in [-0.39, 0.29) is 18.8 Å². The molecular formula is C20H17BrN2O5. The quantitative estimate of drug-likeness (QED) is 0.420. The number of ether oxygens (including phenoxy) is 2. The first-order valence-corrected chi connectivity index (χ1v) is 9.29. The molecule has 1 heterocycles. The summed E-state index contributed by atoms with van der Waals surface area (Å²) < 4.78 is 11.2. The summed E-state index contributed by atoms with van der Waals surface area (Å²) in [6.45, 7) is 1.70. The molecule has 144 valence electrons. The molecule has 0 saturated carbocycles. The average molecular weight is 445 g/mol. The van der Waals surface area contributed by atoms with E-state index in [1.807, 2.05) is 0 Å². The molecule has 7 nitrogen and oxygen atoms in total. The summed E-state index contributed by atoms with van der Waals surface area (Å²) >= 11 is 3.33. The molecule has 2 aromatic rings. The highest BCUT2D eigenvalue weighted by molar-refractivity contribution is 9.10. The predicted molar refractivity (Wildman–Crippen MR) is 106 cm³/mol. The Kier molecular flexibility index (Phi) is 6.10. The van der Waals surface area contributed by atoms with Gasteiger partial charge in [0.15, 0.2) is 6.61 Å². The van der Waals surface area contributed by atoms with Crippen LogP contribution in [0, 0.1) is 0 Å². The number of para-hydroxylation sites is 1. The van der Waals surface area contributed by atoms with Crippen molar-refractivity contribution in [2.45, 2.75) is 6.92 Å². The first-order valence-electron chi connectivity index (χ1n) is 8.49. The first-order chi connectivity index (χ1) is 13.5. The number of nitrogens with zero attached hydrogens (tertiary/aromatic N) is 1. The Morgan fingerprint density at radius 2 is 1.86 bits per heavy atom. The van der Waals surface area contributed by atoms with Gasteiger partial charge in [-0.05, 0) is 43.3 Å². The molecule has 0 unspecified atom stereocenters. The standard InChI is InChI=1S/C20H17BrN2O5/c1-2-27-18(24)12-28-17-6-4-3-5-13(17)11-16-19(25)22-23(20(16)26)15-9-7-14(21)8-10-15/h3-11H,2,12H2,1H3,(H,22,25)/b16-11+. The fraction of sp³-hybridized carbons (Fsp3) is 0.150. The SMILES string of the molecule is CCOC(=O)COc1ccccc1/C=C1\C(=O)NN(c2ccc(Br)cc2)C1=O. The third-order valence-electron chi connectivity index (χ3n) is 3.85. The van der Waals surface area contributed by atoms with Gasteiger partial charge in [-0.25, -0.2) is 9.80 Å². The molecule has 0 bridgehead atoms. The van der Waals surface area contributed by atoms with Gasteiger partial charge in [0.2, 0.25) is 0 Å². The average Bonchev–Trinajstić information content (AvgIpc) is 2.96. The van der Waals surface area contributed by atoms with E-state index in [0.29, 0.717) is 17.0 Å². The fourth-order valence-corrected chi connectivity index (χ4v) is 2.82. The van der Waals surface area contributed by atoms with Gasteiger partial charge in [-0.1, -0.05) is 34.1 Å². The Labute approximate surface area is 170 Å². The second-order valence-corrected chi connectivity index (χ2v) is 6.66. The number of rotatable bonds is 6. The maximum atomic E-state index is 12.7. The number of hydrogen-bond acceptors (Lipinski definition) is 5. The van der Waals surface area contributed by atoms with Gasteiger partial charge in [-0.3, -0.25) is 15.0 Å². The summed E-state index contributed by atoms with van der Waals surface area (Å²) in [5.74, 6) is -1.13. The lowest BCUT2D eigenvalue weighted by Crippen LogP contribution is -2.35. The first kappa shape index (κ1) is 19.6. The van der Waals surface area contributed by atoms with E-state index in [9.17, 15) is 14.4 Å². The zero-order valence-corrected chi connectivity index (χ0v) is 16.6. The number of amides is 2. The van der Waals surface area contributed by atoms with Crippen LogP contribution in [0.5, 0.6) is 5.75 Å². The number of hydrogen-bond donors (Lipinski definition) is 1. The molecule has 1 saturated heterocycles. The van der Waals surface area contributed by atoms with E-state index in [1.54, 1.807) is 55.5 Å². The predicted octanol–water partition coefficient (Wildman–Crippen LogP) is 2.85. The molecule has 28 heavy (non-hydrogen) atoms. The lowest BCUT2D eigenvalue weighted by atomic mass is 10.1. The van der Waals surface area contributed by atoms with Gasteiger partial charge in [-0.15, -0.1) is 0 Å². The smallest absolute Gasteiger partial charge is 0.344 e. The number of anilines is 1. The van der Waals surface area contributed by atoms with Crippen molar-refractivity contribution in [3.8, 4) is 5.75 Å². The Hall–Kier alpha value is -3.13. The molecule has 3 rings (SSSR count). The highest BCUT2D eigenvalue weighted by Gasteiger charge is 2.34. The van der Waals surface area contributed by atoms with Gasteiger partial charge >= 0.3 is 5.97 Å². The second-order valence-electron chi connectivity index (χ2n) is 5.75. The number of carbonyl (C=O) groups excluding carboxylic acids is 3. The summed E-state index contributed by atoms with van der Waals surface area (Å²) in [6.07, 6.45) is 1.44. The second kappa shape index (κ2) is 8.71. The summed E-state index contributed by atoms with van der Waals surface area (Å²) in [5, 5.41) is 1.18. The van der Waals surface area contributed by atoms with Crippen LogP contribution >= 0.6 is 15.9 Å². The van der Waals surface area contributed by atoms with Crippen molar-refractivity contribution in [1.29, 1.82) is 0 Å². The summed E-state index contributed by atoms with van der Waals surface area (Å²) in [4.78, 5) is 36.6. The minimum atomic E-state index is -0.520. The number of benzene rings is 2. The molecular weight excluding hydrogens is 428 g/mol. The largest absolute Gasteiger partial charge is 0.481 e. The fourth-order valence-electron chi connectivity index (χ4n) is 2.56. The van der Waals surface area contributed by atoms with Crippen LogP contribution in [0.2, 0.25) is 0 Å². The van der Waals surface area contributed by atoms with Gasteiger partial charge in [-0.2, -0.15) is 0 Å². The summed E-state index contributed by atoms with van der Waals surface area (Å²) in [6, 6.07) is 13.8. The van der Waals surface area contributed by atoms with E-state index >= 15 is 0 Å². The Bertz CT molecular complexity index is 940. The minimum absolute atomic E-state index is 0.0323. The Balaban J connectivity index is 1.83. The molecule has 1 aliphatic rings. The number of hydrazine groups is 1. The van der Waals surface area contributed by atoms with Crippen LogP contribution in [0.25, 0.3) is 6.08 Å². The number of esters is 1. The summed E-state index contributed by atoms with van der Waals surface area (Å²) in [5.41, 5.74) is 3.55. The van der Waals surface area contributed by atoms with Crippen LogP contribution < -0.4 is 15.2 Å². The van der Waals surface area contributed by atoms with E-state index in [0.717, 1.165) is 4.47 Å². The highest BCUT2D eigenvalue weighted by Crippen LogP contribution is 2.26. The van der Waals surface area contributed by atoms with Crippen LogP contribution in [0.3, 0.4) is 0 Å². The molecule has 2 aromatic carbocycles. The van der Waals surface area contributed by atoms with Crippen molar-refractivity contribution in [2.24, 2.45) is 0 Å². The number of halogens is 1. The molecule has 8 heteroatoms. The molecule has 2 amide bonds. The lowest BCUT2D eigenvalue weighted by molar-refractivity contribution is -0.145. The zero-order valence-electron chi connectivity index (χ0n) is 15.0. The van der Waals surface area contributed by atoms with Crippen molar-refractivity contribution in [1.82, 2.24) is 5.43 Å². The van der Waals surface area contributed by atoms with Gasteiger partial charge in [0.1, 0.15) is 11.3 Å². The molecule has 0 atom stereocenters. The van der Waals surface area contributed by atoms with Gasteiger partial charge in [0, 0.05) is 10.0 Å². The molecule has 1 aliphatic heterocycles. The molecule has 0 aromatic heterocycles. The Morgan fingerprint density at radius 3 is 2.57 bits per heavy atom. The molecule has 1 N–H and O–H groups in total. The van der Waals surface area contributed by atoms with E-state index in [1.165, 1.54) is 11.1 Å². The van der Waals surface area contributed by atoms with Crippen molar-refractivity contribution < 1.29 is 23.9 Å². The van der Waals surface area contributed by atoms with Crippen LogP contribution in [0.1, 0.15) is 12.5 Å². The van der Waals surface area contributed by atoms with E-state index in [4.69, 9.17) is 9.47 Å². The number of nitrogens with one attached hydrogen (secondary N) is 1. The van der Waals surface area contributed by atoms with E-state index < -0.39 is 17.8 Å². The minimum Gasteiger partial charge on any atom is -0.481 e. The van der Waals surface area contributed by atoms with Gasteiger partial charge in [0.25, 0.3) is 11.8 Å².